The van der Waals surface area contributed by atoms with Crippen molar-refractivity contribution < 1.29 is 4.74 Å². The first-order chi connectivity index (χ1) is 9.56. The molecule has 1 aromatic carbocycles. The zero-order valence-electron chi connectivity index (χ0n) is 12.1. The van der Waals surface area contributed by atoms with Crippen LogP contribution in [0.1, 0.15) is 32.4 Å². The standard InChI is InChI=1S/C16H21N3O/c1-11(2)20-15-10-9-14(17)16(19-15)18-12(3)13-7-5-4-6-8-13/h4-12H,17H2,1-3H3,(H,18,19)/t12-/m0/s1. The average Bonchev–Trinajstić information content (AvgIpc) is 2.43. The summed E-state index contributed by atoms with van der Waals surface area (Å²) in [5.41, 5.74) is 7.76. The Morgan fingerprint density at radius 1 is 1.05 bits per heavy atom. The third-order valence-corrected chi connectivity index (χ3v) is 2.91. The fraction of sp³-hybridized carbons (Fsp3) is 0.312. The lowest BCUT2D eigenvalue weighted by Crippen LogP contribution is -2.12. The van der Waals surface area contributed by atoms with E-state index in [1.807, 2.05) is 38.1 Å². The molecule has 2 rings (SSSR count). The highest BCUT2D eigenvalue weighted by atomic mass is 16.5. The van der Waals surface area contributed by atoms with E-state index in [2.05, 4.69) is 29.4 Å². The molecule has 1 heterocycles. The van der Waals surface area contributed by atoms with E-state index >= 15 is 0 Å². The fourth-order valence-electron chi connectivity index (χ4n) is 1.90. The highest BCUT2D eigenvalue weighted by molar-refractivity contribution is 5.62. The minimum atomic E-state index is 0.0884. The van der Waals surface area contributed by atoms with E-state index in [0.717, 1.165) is 0 Å². The maximum atomic E-state index is 5.97. The van der Waals surface area contributed by atoms with Crippen LogP contribution in [-0.2, 0) is 0 Å². The summed E-state index contributed by atoms with van der Waals surface area (Å²) < 4.78 is 5.59. The second kappa shape index (κ2) is 6.28. The minimum Gasteiger partial charge on any atom is -0.475 e. The number of nitrogens with zero attached hydrogens (tertiary/aromatic N) is 1. The third-order valence-electron chi connectivity index (χ3n) is 2.91. The quantitative estimate of drug-likeness (QED) is 0.872. The molecule has 0 saturated heterocycles. The largest absolute Gasteiger partial charge is 0.475 e. The van der Waals surface area contributed by atoms with Crippen molar-refractivity contribution in [3.8, 4) is 5.88 Å². The molecule has 0 amide bonds. The number of nitrogens with one attached hydrogen (secondary N) is 1. The molecule has 2 aromatic rings. The molecular formula is C16H21N3O. The number of anilines is 2. The number of nitrogens with two attached hydrogens (primary N) is 1. The average molecular weight is 271 g/mol. The van der Waals surface area contributed by atoms with Crippen LogP contribution in [0, 0.1) is 0 Å². The van der Waals surface area contributed by atoms with E-state index in [4.69, 9.17) is 10.5 Å². The molecule has 0 radical (unpaired) electrons. The maximum absolute atomic E-state index is 5.97. The van der Waals surface area contributed by atoms with Gasteiger partial charge in [0.1, 0.15) is 0 Å². The van der Waals surface area contributed by atoms with Crippen molar-refractivity contribution in [3.63, 3.8) is 0 Å². The van der Waals surface area contributed by atoms with E-state index in [1.54, 1.807) is 6.07 Å². The zero-order chi connectivity index (χ0) is 14.5. The molecule has 1 aromatic heterocycles. The Hall–Kier alpha value is -2.23. The van der Waals surface area contributed by atoms with Crippen LogP contribution >= 0.6 is 0 Å². The second-order valence-electron chi connectivity index (χ2n) is 5.03. The summed E-state index contributed by atoms with van der Waals surface area (Å²) in [6, 6.07) is 13.9. The van der Waals surface area contributed by atoms with Crippen LogP contribution in [0.2, 0.25) is 0 Å². The summed E-state index contributed by atoms with van der Waals surface area (Å²) in [6.45, 7) is 6.02. The van der Waals surface area contributed by atoms with Gasteiger partial charge in [-0.05, 0) is 32.4 Å². The van der Waals surface area contributed by atoms with E-state index in [9.17, 15) is 0 Å². The van der Waals surface area contributed by atoms with Crippen molar-refractivity contribution in [1.82, 2.24) is 4.98 Å². The fourth-order valence-corrected chi connectivity index (χ4v) is 1.90. The summed E-state index contributed by atoms with van der Waals surface area (Å²) in [6.07, 6.45) is 0.0884. The van der Waals surface area contributed by atoms with Crippen LogP contribution in [-0.4, -0.2) is 11.1 Å². The molecule has 3 N–H and O–H groups in total. The van der Waals surface area contributed by atoms with E-state index in [1.165, 1.54) is 5.56 Å². The van der Waals surface area contributed by atoms with Gasteiger partial charge < -0.3 is 15.8 Å². The predicted molar refractivity (Wildman–Crippen MR) is 82.9 cm³/mol. The van der Waals surface area contributed by atoms with Gasteiger partial charge in [0.05, 0.1) is 17.8 Å². The minimum absolute atomic E-state index is 0.0884. The van der Waals surface area contributed by atoms with Crippen molar-refractivity contribution in [2.75, 3.05) is 11.1 Å². The lowest BCUT2D eigenvalue weighted by Gasteiger charge is -2.17. The molecule has 0 saturated carbocycles. The summed E-state index contributed by atoms with van der Waals surface area (Å²) in [5, 5.41) is 3.32. The Morgan fingerprint density at radius 2 is 1.75 bits per heavy atom. The lowest BCUT2D eigenvalue weighted by molar-refractivity contribution is 0.233. The number of pyridine rings is 1. The zero-order valence-corrected chi connectivity index (χ0v) is 12.1. The summed E-state index contributed by atoms with van der Waals surface area (Å²) in [4.78, 5) is 4.42. The van der Waals surface area contributed by atoms with Gasteiger partial charge in [-0.3, -0.25) is 0 Å². The normalized spacial score (nSPS) is 12.2. The first-order valence-corrected chi connectivity index (χ1v) is 6.81. The SMILES string of the molecule is CC(C)Oc1ccc(N)c(N[C@@H](C)c2ccccc2)n1. The number of aromatic nitrogens is 1. The molecule has 0 fully saturated rings. The number of ether oxygens (including phenoxy) is 1. The van der Waals surface area contributed by atoms with Gasteiger partial charge in [-0.2, -0.15) is 4.98 Å². The molecule has 4 heteroatoms. The Labute approximate surface area is 120 Å². The van der Waals surface area contributed by atoms with Crippen molar-refractivity contribution in [1.29, 1.82) is 0 Å². The maximum Gasteiger partial charge on any atom is 0.215 e. The van der Waals surface area contributed by atoms with Gasteiger partial charge >= 0.3 is 0 Å². The molecule has 0 unspecified atom stereocenters. The molecule has 1 atom stereocenters. The van der Waals surface area contributed by atoms with Crippen LogP contribution < -0.4 is 15.8 Å². The van der Waals surface area contributed by atoms with Crippen LogP contribution in [0.3, 0.4) is 0 Å². The first kappa shape index (κ1) is 14.2. The van der Waals surface area contributed by atoms with Crippen molar-refractivity contribution in [3.05, 3.63) is 48.0 Å². The van der Waals surface area contributed by atoms with Crippen LogP contribution in [0.25, 0.3) is 0 Å². The van der Waals surface area contributed by atoms with Crippen molar-refractivity contribution in [2.24, 2.45) is 0 Å². The second-order valence-corrected chi connectivity index (χ2v) is 5.03. The molecule has 0 spiro atoms. The number of nitrogen functional groups attached to an aromatic ring is 1. The van der Waals surface area contributed by atoms with Gasteiger partial charge in [-0.1, -0.05) is 30.3 Å². The highest BCUT2D eigenvalue weighted by Gasteiger charge is 2.10. The Balaban J connectivity index is 2.16. The molecular weight excluding hydrogens is 250 g/mol. The predicted octanol–water partition coefficient (Wildman–Crippen LogP) is 3.62. The summed E-state index contributed by atoms with van der Waals surface area (Å²) >= 11 is 0. The van der Waals surface area contributed by atoms with Crippen LogP contribution in [0.4, 0.5) is 11.5 Å². The molecule has 106 valence electrons. The monoisotopic (exact) mass is 271 g/mol. The third kappa shape index (κ3) is 3.63. The van der Waals surface area contributed by atoms with Crippen LogP contribution in [0.15, 0.2) is 42.5 Å². The van der Waals surface area contributed by atoms with Crippen molar-refractivity contribution in [2.45, 2.75) is 32.9 Å². The smallest absolute Gasteiger partial charge is 0.215 e. The lowest BCUT2D eigenvalue weighted by atomic mass is 10.1. The van der Waals surface area contributed by atoms with Gasteiger partial charge in [0.15, 0.2) is 5.82 Å². The van der Waals surface area contributed by atoms with Gasteiger partial charge in [0, 0.05) is 6.07 Å². The Kier molecular flexibility index (Phi) is 4.45. The van der Waals surface area contributed by atoms with Gasteiger partial charge in [0.25, 0.3) is 0 Å². The Morgan fingerprint density at radius 3 is 2.40 bits per heavy atom. The van der Waals surface area contributed by atoms with E-state index in [-0.39, 0.29) is 12.1 Å². The number of hydrogen-bond acceptors (Lipinski definition) is 4. The molecule has 0 aliphatic heterocycles. The van der Waals surface area contributed by atoms with Crippen LogP contribution in [0.5, 0.6) is 5.88 Å². The molecule has 4 nitrogen and oxygen atoms in total. The van der Waals surface area contributed by atoms with Gasteiger partial charge in [0.2, 0.25) is 5.88 Å². The van der Waals surface area contributed by atoms with Gasteiger partial charge in [-0.15, -0.1) is 0 Å². The van der Waals surface area contributed by atoms with Crippen molar-refractivity contribution >= 4 is 11.5 Å². The summed E-state index contributed by atoms with van der Waals surface area (Å²) in [7, 11) is 0. The van der Waals surface area contributed by atoms with E-state index < -0.39 is 0 Å². The van der Waals surface area contributed by atoms with Gasteiger partial charge in [-0.25, -0.2) is 0 Å². The first-order valence-electron chi connectivity index (χ1n) is 6.81. The highest BCUT2D eigenvalue weighted by Crippen LogP contribution is 2.25. The Bertz CT molecular complexity index is 555. The summed E-state index contributed by atoms with van der Waals surface area (Å²) in [5.74, 6) is 1.23. The molecule has 20 heavy (non-hydrogen) atoms. The molecule has 0 aliphatic rings. The van der Waals surface area contributed by atoms with E-state index in [0.29, 0.717) is 17.4 Å². The number of benzene rings is 1. The molecule has 0 bridgehead atoms. The molecule has 0 aliphatic carbocycles. The number of hydrogen-bond donors (Lipinski definition) is 2. The number of rotatable bonds is 5. The topological polar surface area (TPSA) is 60.2 Å².